The summed E-state index contributed by atoms with van der Waals surface area (Å²) in [5.41, 5.74) is 3.43. The molecule has 0 saturated heterocycles. The van der Waals surface area contributed by atoms with E-state index < -0.39 is 15.7 Å². The lowest BCUT2D eigenvalue weighted by molar-refractivity contribution is -0.112. The number of rotatable bonds is 7. The number of benzene rings is 1. The van der Waals surface area contributed by atoms with Gasteiger partial charge >= 0.3 is 0 Å². The maximum Gasteiger partial charge on any atom is 0.268 e. The van der Waals surface area contributed by atoms with Crippen LogP contribution in [0, 0.1) is 31.1 Å². The Labute approximate surface area is 191 Å². The maximum atomic E-state index is 12.6. The lowest BCUT2D eigenvalue weighted by atomic mass is 10.1. The molecule has 3 rings (SSSR count). The van der Waals surface area contributed by atoms with Crippen LogP contribution in [-0.2, 0) is 14.6 Å². The first kappa shape index (κ1) is 23.4. The summed E-state index contributed by atoms with van der Waals surface area (Å²) >= 11 is 0.760. The number of aromatic nitrogens is 3. The van der Waals surface area contributed by atoms with Crippen molar-refractivity contribution < 1.29 is 13.2 Å². The molecule has 166 valence electrons. The molecule has 0 saturated carbocycles. The van der Waals surface area contributed by atoms with Crippen molar-refractivity contribution in [3.05, 3.63) is 58.9 Å². The van der Waals surface area contributed by atoms with Crippen LogP contribution in [0.4, 0.5) is 5.13 Å². The number of para-hydroxylation sites is 1. The lowest BCUT2D eigenvalue weighted by Gasteiger charge is -2.09. The van der Waals surface area contributed by atoms with Gasteiger partial charge in [0.2, 0.25) is 15.0 Å². The van der Waals surface area contributed by atoms with E-state index in [0.717, 1.165) is 34.2 Å². The van der Waals surface area contributed by atoms with Gasteiger partial charge in [-0.25, -0.2) is 8.42 Å². The second-order valence-corrected chi connectivity index (χ2v) is 10.4. The molecule has 1 N–H and O–H groups in total. The Hall–Kier alpha value is -3.29. The van der Waals surface area contributed by atoms with Crippen LogP contribution in [0.25, 0.3) is 11.8 Å². The zero-order chi connectivity index (χ0) is 23.5. The summed E-state index contributed by atoms with van der Waals surface area (Å²) in [7, 11) is -3.63. The molecule has 32 heavy (non-hydrogen) atoms. The van der Waals surface area contributed by atoms with Gasteiger partial charge in [0.1, 0.15) is 11.6 Å². The molecule has 3 aromatic rings. The van der Waals surface area contributed by atoms with Gasteiger partial charge in [-0.1, -0.05) is 32.0 Å². The number of nitrogens with one attached hydrogen (secondary N) is 1. The molecule has 1 aromatic carbocycles. The molecule has 0 spiro atoms. The van der Waals surface area contributed by atoms with Crippen LogP contribution in [0.1, 0.15) is 30.8 Å². The number of amides is 1. The van der Waals surface area contributed by atoms with Gasteiger partial charge in [-0.3, -0.25) is 10.1 Å². The minimum absolute atomic E-state index is 0.0215. The Kier molecular flexibility index (Phi) is 6.91. The Morgan fingerprint density at radius 2 is 1.97 bits per heavy atom. The number of hydrogen-bond acceptors (Lipinski definition) is 7. The third kappa shape index (κ3) is 5.12. The van der Waals surface area contributed by atoms with Gasteiger partial charge in [0.25, 0.3) is 11.1 Å². The van der Waals surface area contributed by atoms with Crippen LogP contribution in [0.5, 0.6) is 0 Å². The molecule has 2 heterocycles. The molecule has 2 aromatic heterocycles. The molecule has 0 aliphatic heterocycles. The Balaban J connectivity index is 1.84. The first-order valence-corrected chi connectivity index (χ1v) is 12.3. The summed E-state index contributed by atoms with van der Waals surface area (Å²) in [6, 6.07) is 13.6. The van der Waals surface area contributed by atoms with Crippen molar-refractivity contribution in [2.24, 2.45) is 5.92 Å². The second kappa shape index (κ2) is 9.46. The fraction of sp³-hybridized carbons (Fsp3) is 0.273. The van der Waals surface area contributed by atoms with E-state index in [2.05, 4.69) is 14.7 Å². The van der Waals surface area contributed by atoms with E-state index in [1.54, 1.807) is 13.8 Å². The zero-order valence-electron chi connectivity index (χ0n) is 18.2. The monoisotopic (exact) mass is 469 g/mol. The van der Waals surface area contributed by atoms with Gasteiger partial charge in [0, 0.05) is 28.6 Å². The molecule has 0 bridgehead atoms. The van der Waals surface area contributed by atoms with E-state index in [1.807, 2.05) is 60.9 Å². The molecule has 10 heteroatoms. The highest BCUT2D eigenvalue weighted by Gasteiger charge is 2.23. The first-order valence-electron chi connectivity index (χ1n) is 9.86. The van der Waals surface area contributed by atoms with Crippen molar-refractivity contribution in [1.82, 2.24) is 13.9 Å². The summed E-state index contributed by atoms with van der Waals surface area (Å²) in [5, 5.41) is 11.7. The Bertz CT molecular complexity index is 1310. The van der Waals surface area contributed by atoms with Gasteiger partial charge in [-0.15, -0.1) is 0 Å². The standard InChI is InChI=1S/C22H23N5O3S2/c1-14(2)13-32(29,30)22-25-21(31-26-22)24-20(28)18(12-23)11-17-10-15(3)27(16(17)4)19-8-6-5-7-9-19/h5-11,14H,13H2,1-4H3,(H,24,25,26,28)/b18-11-. The molecule has 0 aliphatic rings. The number of carbonyl (C=O) groups is 1. The zero-order valence-corrected chi connectivity index (χ0v) is 19.8. The van der Waals surface area contributed by atoms with Crippen LogP contribution in [-0.4, -0.2) is 34.0 Å². The van der Waals surface area contributed by atoms with Crippen molar-refractivity contribution in [1.29, 1.82) is 5.26 Å². The number of anilines is 1. The van der Waals surface area contributed by atoms with E-state index in [-0.39, 0.29) is 27.5 Å². The average molecular weight is 470 g/mol. The van der Waals surface area contributed by atoms with E-state index in [4.69, 9.17) is 0 Å². The number of nitriles is 1. The number of carbonyl (C=O) groups excluding carboxylic acids is 1. The highest BCUT2D eigenvalue weighted by atomic mass is 32.2. The number of hydrogen-bond donors (Lipinski definition) is 1. The summed E-state index contributed by atoms with van der Waals surface area (Å²) in [6.07, 6.45) is 1.51. The quantitative estimate of drug-likeness (QED) is 0.414. The fourth-order valence-electron chi connectivity index (χ4n) is 3.28. The molecule has 0 unspecified atom stereocenters. The smallest absolute Gasteiger partial charge is 0.268 e. The molecule has 1 amide bonds. The van der Waals surface area contributed by atoms with Crippen LogP contribution < -0.4 is 5.32 Å². The van der Waals surface area contributed by atoms with Gasteiger partial charge in [-0.2, -0.15) is 14.6 Å². The van der Waals surface area contributed by atoms with Crippen molar-refractivity contribution in [2.75, 3.05) is 11.1 Å². The highest BCUT2D eigenvalue weighted by molar-refractivity contribution is 7.91. The van der Waals surface area contributed by atoms with E-state index in [1.165, 1.54) is 6.08 Å². The van der Waals surface area contributed by atoms with E-state index in [9.17, 15) is 18.5 Å². The van der Waals surface area contributed by atoms with Crippen molar-refractivity contribution in [3.63, 3.8) is 0 Å². The first-order chi connectivity index (χ1) is 15.1. The molecular formula is C22H23N5O3S2. The number of sulfone groups is 1. The lowest BCUT2D eigenvalue weighted by Crippen LogP contribution is -2.15. The third-order valence-electron chi connectivity index (χ3n) is 4.61. The van der Waals surface area contributed by atoms with Gasteiger partial charge in [-0.05, 0) is 49.6 Å². The van der Waals surface area contributed by atoms with E-state index >= 15 is 0 Å². The molecule has 0 fully saturated rings. The van der Waals surface area contributed by atoms with Crippen LogP contribution in [0.15, 0.2) is 47.1 Å². The molecule has 0 radical (unpaired) electrons. The Morgan fingerprint density at radius 1 is 1.28 bits per heavy atom. The molecular weight excluding hydrogens is 446 g/mol. The highest BCUT2D eigenvalue weighted by Crippen LogP contribution is 2.23. The fourth-order valence-corrected chi connectivity index (χ4v) is 5.63. The van der Waals surface area contributed by atoms with Crippen LogP contribution in [0.2, 0.25) is 0 Å². The predicted octanol–water partition coefficient (Wildman–Crippen LogP) is 3.92. The van der Waals surface area contributed by atoms with Crippen LogP contribution >= 0.6 is 11.5 Å². The number of aryl methyl sites for hydroxylation is 1. The molecule has 0 aliphatic carbocycles. The van der Waals surface area contributed by atoms with Gasteiger partial charge in [0.05, 0.1) is 5.75 Å². The Morgan fingerprint density at radius 3 is 2.59 bits per heavy atom. The SMILES string of the molecule is Cc1cc(/C=C(/C#N)C(=O)Nc2nc(S(=O)(=O)CC(C)C)ns2)c(C)n1-c1ccccc1. The summed E-state index contributed by atoms with van der Waals surface area (Å²) in [5.74, 6) is -0.845. The largest absolute Gasteiger partial charge is 0.318 e. The summed E-state index contributed by atoms with van der Waals surface area (Å²) in [4.78, 5) is 16.6. The van der Waals surface area contributed by atoms with Crippen molar-refractivity contribution in [3.8, 4) is 11.8 Å². The van der Waals surface area contributed by atoms with Crippen molar-refractivity contribution in [2.45, 2.75) is 32.9 Å². The normalized spacial score (nSPS) is 12.1. The number of nitrogens with zero attached hydrogens (tertiary/aromatic N) is 4. The minimum atomic E-state index is -3.63. The maximum absolute atomic E-state index is 12.6. The van der Waals surface area contributed by atoms with Gasteiger partial charge < -0.3 is 4.57 Å². The third-order valence-corrected chi connectivity index (χ3v) is 7.20. The molecule has 0 atom stereocenters. The van der Waals surface area contributed by atoms with Crippen LogP contribution in [0.3, 0.4) is 0 Å². The van der Waals surface area contributed by atoms with E-state index in [0.29, 0.717) is 0 Å². The molecule has 8 nitrogen and oxygen atoms in total. The topological polar surface area (TPSA) is 118 Å². The predicted molar refractivity (Wildman–Crippen MR) is 124 cm³/mol. The van der Waals surface area contributed by atoms with Gasteiger partial charge in [0.15, 0.2) is 0 Å². The minimum Gasteiger partial charge on any atom is -0.318 e. The average Bonchev–Trinajstić information content (AvgIpc) is 3.30. The second-order valence-electron chi connectivity index (χ2n) is 7.68. The summed E-state index contributed by atoms with van der Waals surface area (Å²) in [6.45, 7) is 7.43. The van der Waals surface area contributed by atoms with Crippen molar-refractivity contribution >= 4 is 38.5 Å². The summed E-state index contributed by atoms with van der Waals surface area (Å²) < 4.78 is 30.4.